The molecule has 0 radical (unpaired) electrons. The first-order valence-electron chi connectivity index (χ1n) is 8.14. The molecule has 2 fully saturated rings. The van der Waals surface area contributed by atoms with E-state index in [1.54, 1.807) is 6.07 Å². The molecule has 2 amide bonds. The van der Waals surface area contributed by atoms with Crippen LogP contribution in [0.3, 0.4) is 0 Å². The van der Waals surface area contributed by atoms with Gasteiger partial charge in [0.2, 0.25) is 5.91 Å². The molecule has 3 aliphatic rings. The van der Waals surface area contributed by atoms with E-state index in [4.69, 9.17) is 0 Å². The number of hydrogen-bond donors (Lipinski definition) is 2. The highest BCUT2D eigenvalue weighted by Gasteiger charge is 2.53. The second kappa shape index (κ2) is 4.51. The molecule has 5 heteroatoms. The highest BCUT2D eigenvalue weighted by atomic mass is 19.1. The smallest absolute Gasteiger partial charge is 0.256 e. The number of rotatable bonds is 1. The average molecular weight is 322 g/mol. The number of halogens is 1. The summed E-state index contributed by atoms with van der Waals surface area (Å²) in [5.41, 5.74) is 2.25. The van der Waals surface area contributed by atoms with Crippen LogP contribution < -0.4 is 10.6 Å². The summed E-state index contributed by atoms with van der Waals surface area (Å²) in [5, 5.41) is 5.51. The van der Waals surface area contributed by atoms with Crippen LogP contribution in [-0.4, -0.2) is 18.4 Å². The van der Waals surface area contributed by atoms with E-state index in [9.17, 15) is 14.0 Å². The van der Waals surface area contributed by atoms with Gasteiger partial charge in [-0.1, -0.05) is 30.3 Å². The highest BCUT2D eigenvalue weighted by Crippen LogP contribution is 2.51. The minimum atomic E-state index is -1.19. The zero-order valence-corrected chi connectivity index (χ0v) is 12.9. The van der Waals surface area contributed by atoms with Gasteiger partial charge in [-0.2, -0.15) is 0 Å². The second-order valence-electron chi connectivity index (χ2n) is 6.73. The van der Waals surface area contributed by atoms with Gasteiger partial charge in [-0.25, -0.2) is 4.39 Å². The van der Waals surface area contributed by atoms with Crippen LogP contribution in [0.4, 0.5) is 4.39 Å². The third-order valence-corrected chi connectivity index (χ3v) is 5.27. The molecule has 24 heavy (non-hydrogen) atoms. The zero-order chi connectivity index (χ0) is 16.5. The van der Waals surface area contributed by atoms with Crippen LogP contribution in [0, 0.1) is 5.82 Å². The summed E-state index contributed by atoms with van der Waals surface area (Å²) in [5.74, 6) is -0.725. The van der Waals surface area contributed by atoms with E-state index in [1.165, 1.54) is 0 Å². The molecule has 2 N–H and O–H groups in total. The van der Waals surface area contributed by atoms with Gasteiger partial charge in [0.15, 0.2) is 5.54 Å². The Morgan fingerprint density at radius 2 is 1.88 bits per heavy atom. The lowest BCUT2D eigenvalue weighted by molar-refractivity contribution is -0.136. The van der Waals surface area contributed by atoms with Crippen LogP contribution in [0.5, 0.6) is 0 Å². The maximum Gasteiger partial charge on any atom is 0.256 e. The normalized spacial score (nSPS) is 24.7. The van der Waals surface area contributed by atoms with Gasteiger partial charge < -0.3 is 0 Å². The molecule has 1 spiro atoms. The highest BCUT2D eigenvalue weighted by molar-refractivity contribution is 6.09. The molecule has 0 aromatic heterocycles. The number of carbonyl (C=O) groups excluding carboxylic acids is 2. The summed E-state index contributed by atoms with van der Waals surface area (Å²) in [7, 11) is 0. The molecular formula is C19H15FN2O2. The van der Waals surface area contributed by atoms with Gasteiger partial charge in [-0.05, 0) is 47.1 Å². The molecule has 1 heterocycles. The number of nitrogens with one attached hydrogen (secondary N) is 2. The Balaban J connectivity index is 1.83. The first kappa shape index (κ1) is 13.9. The molecule has 5 rings (SSSR count). The van der Waals surface area contributed by atoms with Gasteiger partial charge in [0, 0.05) is 5.56 Å². The maximum absolute atomic E-state index is 14.9. The van der Waals surface area contributed by atoms with Crippen molar-refractivity contribution in [3.05, 3.63) is 58.9 Å². The molecule has 2 aromatic carbocycles. The lowest BCUT2D eigenvalue weighted by atomic mass is 9.84. The third-order valence-electron chi connectivity index (χ3n) is 5.27. The van der Waals surface area contributed by atoms with Crippen molar-refractivity contribution in [1.29, 1.82) is 0 Å². The largest absolute Gasteiger partial charge is 0.293 e. The summed E-state index contributed by atoms with van der Waals surface area (Å²) in [6, 6.07) is 10.9. The average Bonchev–Trinajstić information content (AvgIpc) is 3.36. The molecule has 2 aliphatic carbocycles. The van der Waals surface area contributed by atoms with Gasteiger partial charge >= 0.3 is 0 Å². The van der Waals surface area contributed by atoms with Crippen LogP contribution in [0.25, 0.3) is 11.1 Å². The third kappa shape index (κ3) is 1.65. The summed E-state index contributed by atoms with van der Waals surface area (Å²) >= 11 is 0. The van der Waals surface area contributed by atoms with Crippen LogP contribution >= 0.6 is 0 Å². The first-order chi connectivity index (χ1) is 11.6. The molecular weight excluding hydrogens is 307 g/mol. The Morgan fingerprint density at radius 3 is 2.62 bits per heavy atom. The van der Waals surface area contributed by atoms with Crippen molar-refractivity contribution >= 4 is 11.8 Å². The number of piperazine rings is 1. The van der Waals surface area contributed by atoms with Crippen molar-refractivity contribution in [2.45, 2.75) is 24.3 Å². The minimum absolute atomic E-state index is 0.0226. The van der Waals surface area contributed by atoms with Gasteiger partial charge in [0.05, 0.1) is 6.54 Å². The summed E-state index contributed by atoms with van der Waals surface area (Å²) in [6.07, 6.45) is 2.10. The standard InChI is InChI=1S/C19H15FN2O2/c20-15-8-11(10-5-6-10)7-14-17(15)12-3-1-2-4-13(12)19(14)18(24)22-16(23)9-21-19/h1-4,7-8,10,21H,5-6,9H2,(H,22,23,24). The molecule has 1 atom stereocenters. The molecule has 1 saturated carbocycles. The summed E-state index contributed by atoms with van der Waals surface area (Å²) in [4.78, 5) is 24.5. The summed E-state index contributed by atoms with van der Waals surface area (Å²) < 4.78 is 14.9. The van der Waals surface area contributed by atoms with Crippen molar-refractivity contribution in [2.75, 3.05) is 6.54 Å². The fraction of sp³-hybridized carbons (Fsp3) is 0.263. The fourth-order valence-corrected chi connectivity index (χ4v) is 4.02. The van der Waals surface area contributed by atoms with E-state index in [0.717, 1.165) is 18.4 Å². The second-order valence-corrected chi connectivity index (χ2v) is 6.73. The number of hydrogen-bond acceptors (Lipinski definition) is 3. The predicted molar refractivity (Wildman–Crippen MR) is 85.7 cm³/mol. The van der Waals surface area contributed by atoms with Gasteiger partial charge in [0.25, 0.3) is 5.91 Å². The monoisotopic (exact) mass is 322 g/mol. The van der Waals surface area contributed by atoms with E-state index in [2.05, 4.69) is 10.6 Å². The molecule has 1 unspecified atom stereocenters. The zero-order valence-electron chi connectivity index (χ0n) is 12.9. The molecule has 4 nitrogen and oxygen atoms in total. The Morgan fingerprint density at radius 1 is 1.08 bits per heavy atom. The minimum Gasteiger partial charge on any atom is -0.293 e. The quantitative estimate of drug-likeness (QED) is 0.791. The Hall–Kier alpha value is -2.53. The number of carbonyl (C=O) groups is 2. The molecule has 1 saturated heterocycles. The van der Waals surface area contributed by atoms with E-state index >= 15 is 0 Å². The fourth-order valence-electron chi connectivity index (χ4n) is 4.02. The van der Waals surface area contributed by atoms with Crippen molar-refractivity contribution in [1.82, 2.24) is 10.6 Å². The van der Waals surface area contributed by atoms with Crippen molar-refractivity contribution in [3.8, 4) is 11.1 Å². The molecule has 120 valence electrons. The Kier molecular flexibility index (Phi) is 2.61. The molecule has 2 aromatic rings. The van der Waals surface area contributed by atoms with E-state index in [1.807, 2.05) is 30.3 Å². The lowest BCUT2D eigenvalue weighted by Gasteiger charge is -2.35. The van der Waals surface area contributed by atoms with Crippen molar-refractivity contribution in [3.63, 3.8) is 0 Å². The van der Waals surface area contributed by atoms with Gasteiger partial charge in [-0.3, -0.25) is 20.2 Å². The Bertz CT molecular complexity index is 920. The Labute approximate surface area is 138 Å². The SMILES string of the molecule is O=C1CNC2(C(=O)N1)c1ccccc1-c1c(F)cc(C3CC3)cc12. The first-order valence-corrected chi connectivity index (χ1v) is 8.14. The van der Waals surface area contributed by atoms with Crippen molar-refractivity contribution < 1.29 is 14.0 Å². The van der Waals surface area contributed by atoms with Crippen LogP contribution in [0.2, 0.25) is 0 Å². The maximum atomic E-state index is 14.9. The number of imide groups is 1. The van der Waals surface area contributed by atoms with Crippen LogP contribution in [0.1, 0.15) is 35.4 Å². The van der Waals surface area contributed by atoms with E-state index in [0.29, 0.717) is 28.2 Å². The molecule has 1 aliphatic heterocycles. The number of benzene rings is 2. The van der Waals surface area contributed by atoms with Gasteiger partial charge in [-0.15, -0.1) is 0 Å². The van der Waals surface area contributed by atoms with E-state index < -0.39 is 11.4 Å². The van der Waals surface area contributed by atoms with Crippen molar-refractivity contribution in [2.24, 2.45) is 0 Å². The molecule has 0 bridgehead atoms. The number of fused-ring (bicyclic) bond motifs is 5. The van der Waals surface area contributed by atoms with Gasteiger partial charge in [0.1, 0.15) is 5.82 Å². The predicted octanol–water partition coefficient (Wildman–Crippen LogP) is 2.17. The summed E-state index contributed by atoms with van der Waals surface area (Å²) in [6.45, 7) is 0.0226. The lowest BCUT2D eigenvalue weighted by Crippen LogP contribution is -2.62. The van der Waals surface area contributed by atoms with Crippen LogP contribution in [-0.2, 0) is 15.1 Å². The topological polar surface area (TPSA) is 58.2 Å². The van der Waals surface area contributed by atoms with E-state index in [-0.39, 0.29) is 18.3 Å². The number of amides is 2. The van der Waals surface area contributed by atoms with Crippen LogP contribution in [0.15, 0.2) is 36.4 Å².